The Labute approximate surface area is 136 Å². The van der Waals surface area contributed by atoms with Crippen LogP contribution in [0.5, 0.6) is 0 Å². The molecule has 0 saturated carbocycles. The zero-order chi connectivity index (χ0) is 17.0. The van der Waals surface area contributed by atoms with E-state index < -0.39 is 17.9 Å². The van der Waals surface area contributed by atoms with Crippen molar-refractivity contribution < 1.29 is 19.1 Å². The molecule has 0 radical (unpaired) electrons. The highest BCUT2D eigenvalue weighted by molar-refractivity contribution is 5.99. The van der Waals surface area contributed by atoms with Crippen LogP contribution in [0.15, 0.2) is 46.3 Å². The number of ether oxygens (including phenoxy) is 2. The fourth-order valence-corrected chi connectivity index (χ4v) is 3.00. The van der Waals surface area contributed by atoms with Crippen LogP contribution in [0, 0.1) is 5.92 Å². The molecule has 5 heteroatoms. The molecule has 5 nitrogen and oxygen atoms in total. The van der Waals surface area contributed by atoms with Gasteiger partial charge in [0.15, 0.2) is 0 Å². The Morgan fingerprint density at radius 3 is 2.00 bits per heavy atom. The Morgan fingerprint density at radius 1 is 1.09 bits per heavy atom. The zero-order valence-electron chi connectivity index (χ0n) is 14.1. The molecule has 1 aliphatic carbocycles. The Kier molecular flexibility index (Phi) is 5.42. The molecule has 0 unspecified atom stereocenters. The van der Waals surface area contributed by atoms with Crippen molar-refractivity contribution in [2.45, 2.75) is 34.1 Å². The molecule has 0 amide bonds. The van der Waals surface area contributed by atoms with E-state index in [1.165, 1.54) is 0 Å². The van der Waals surface area contributed by atoms with Gasteiger partial charge in [-0.25, -0.2) is 9.59 Å². The average molecular weight is 317 g/mol. The van der Waals surface area contributed by atoms with E-state index in [1.54, 1.807) is 13.8 Å². The van der Waals surface area contributed by atoms with Gasteiger partial charge in [0.1, 0.15) is 0 Å². The average Bonchev–Trinajstić information content (AvgIpc) is 3.00. The highest BCUT2D eigenvalue weighted by Gasteiger charge is 2.38. The first-order chi connectivity index (χ1) is 11.0. The first kappa shape index (κ1) is 17.1. The van der Waals surface area contributed by atoms with Crippen molar-refractivity contribution >= 4 is 11.9 Å². The van der Waals surface area contributed by atoms with Crippen LogP contribution < -0.4 is 5.32 Å². The summed E-state index contributed by atoms with van der Waals surface area (Å²) in [4.78, 5) is 24.9. The highest BCUT2D eigenvalue weighted by Crippen LogP contribution is 2.39. The third-order valence-corrected chi connectivity index (χ3v) is 3.92. The van der Waals surface area contributed by atoms with Gasteiger partial charge in [0.05, 0.1) is 24.4 Å². The summed E-state index contributed by atoms with van der Waals surface area (Å²) >= 11 is 0. The topological polar surface area (TPSA) is 64.6 Å². The quantitative estimate of drug-likeness (QED) is 0.790. The van der Waals surface area contributed by atoms with Crippen molar-refractivity contribution in [2.75, 3.05) is 13.2 Å². The van der Waals surface area contributed by atoms with Crippen LogP contribution in [0.4, 0.5) is 0 Å². The molecule has 124 valence electrons. The van der Waals surface area contributed by atoms with Crippen LogP contribution in [-0.2, 0) is 19.1 Å². The number of rotatable bonds is 5. The number of allylic oxidation sites excluding steroid dienone is 6. The second-order valence-electron chi connectivity index (χ2n) is 5.45. The van der Waals surface area contributed by atoms with E-state index in [2.05, 4.69) is 5.32 Å². The smallest absolute Gasteiger partial charge is 0.336 e. The Morgan fingerprint density at radius 2 is 1.61 bits per heavy atom. The fraction of sp³-hybridized carbons (Fsp3) is 0.444. The van der Waals surface area contributed by atoms with Crippen LogP contribution in [0.25, 0.3) is 0 Å². The first-order valence-electron chi connectivity index (χ1n) is 7.89. The van der Waals surface area contributed by atoms with Crippen molar-refractivity contribution in [2.24, 2.45) is 5.92 Å². The molecule has 0 spiro atoms. The van der Waals surface area contributed by atoms with Gasteiger partial charge in [-0.05, 0) is 34.1 Å². The molecule has 1 aliphatic heterocycles. The molecule has 0 atom stereocenters. The maximum absolute atomic E-state index is 12.5. The van der Waals surface area contributed by atoms with Crippen molar-refractivity contribution in [3.05, 3.63) is 46.3 Å². The van der Waals surface area contributed by atoms with Gasteiger partial charge in [0.25, 0.3) is 0 Å². The monoisotopic (exact) mass is 317 g/mol. The standard InChI is InChI=1S/C18H23NO4/c1-5-22-17(20)14-11(3)19-12(4)15(18(21)23-6-2)16(14)13-9-7-8-10-13/h7-9,16,19H,5-6,10H2,1-4H3. The molecule has 0 saturated heterocycles. The number of nitrogens with one attached hydrogen (secondary N) is 1. The van der Waals surface area contributed by atoms with Gasteiger partial charge in [0.2, 0.25) is 0 Å². The summed E-state index contributed by atoms with van der Waals surface area (Å²) in [5.74, 6) is -1.22. The lowest BCUT2D eigenvalue weighted by Crippen LogP contribution is -2.34. The van der Waals surface area contributed by atoms with Gasteiger partial charge < -0.3 is 14.8 Å². The molecule has 0 aromatic heterocycles. The maximum Gasteiger partial charge on any atom is 0.336 e. The van der Waals surface area contributed by atoms with E-state index in [1.807, 2.05) is 32.1 Å². The minimum atomic E-state index is -0.427. The van der Waals surface area contributed by atoms with Gasteiger partial charge in [-0.2, -0.15) is 0 Å². The van der Waals surface area contributed by atoms with Crippen LogP contribution in [0.1, 0.15) is 34.1 Å². The summed E-state index contributed by atoms with van der Waals surface area (Å²) in [6.45, 7) is 7.76. The first-order valence-corrected chi connectivity index (χ1v) is 7.89. The normalized spacial score (nSPS) is 18.0. The molecule has 0 fully saturated rings. The summed E-state index contributed by atoms with van der Waals surface area (Å²) in [6.07, 6.45) is 6.60. The third kappa shape index (κ3) is 3.38. The van der Waals surface area contributed by atoms with Crippen molar-refractivity contribution in [3.8, 4) is 0 Å². The van der Waals surface area contributed by atoms with Crippen LogP contribution in [-0.4, -0.2) is 25.2 Å². The minimum Gasteiger partial charge on any atom is -0.463 e. The molecule has 0 aromatic rings. The Hall–Kier alpha value is -2.30. The van der Waals surface area contributed by atoms with Crippen molar-refractivity contribution in [3.63, 3.8) is 0 Å². The number of esters is 2. The molecular weight excluding hydrogens is 294 g/mol. The van der Waals surface area contributed by atoms with Gasteiger partial charge in [-0.1, -0.05) is 23.8 Å². The predicted octanol–water partition coefficient (Wildman–Crippen LogP) is 2.77. The number of carbonyl (C=O) groups excluding carboxylic acids is 2. The predicted molar refractivity (Wildman–Crippen MR) is 87.1 cm³/mol. The summed E-state index contributed by atoms with van der Waals surface area (Å²) in [5.41, 5.74) is 3.39. The van der Waals surface area contributed by atoms with E-state index in [4.69, 9.17) is 9.47 Å². The zero-order valence-corrected chi connectivity index (χ0v) is 14.1. The maximum atomic E-state index is 12.5. The second-order valence-corrected chi connectivity index (χ2v) is 5.45. The van der Waals surface area contributed by atoms with Crippen LogP contribution in [0.2, 0.25) is 0 Å². The third-order valence-electron chi connectivity index (χ3n) is 3.92. The minimum absolute atomic E-state index is 0.289. The SMILES string of the molecule is CCOC(=O)C1=C(C)NC(C)=C(C(=O)OCC)C1C1=CC=CC1. The summed E-state index contributed by atoms with van der Waals surface area (Å²) in [6, 6.07) is 0. The summed E-state index contributed by atoms with van der Waals surface area (Å²) in [5, 5.41) is 3.12. The molecule has 1 N–H and O–H groups in total. The highest BCUT2D eigenvalue weighted by atomic mass is 16.5. The van der Waals surface area contributed by atoms with Gasteiger partial charge >= 0.3 is 11.9 Å². The van der Waals surface area contributed by atoms with Gasteiger partial charge in [-0.15, -0.1) is 0 Å². The van der Waals surface area contributed by atoms with E-state index >= 15 is 0 Å². The van der Waals surface area contributed by atoms with E-state index in [-0.39, 0.29) is 13.2 Å². The second kappa shape index (κ2) is 7.31. The lowest BCUT2D eigenvalue weighted by molar-refractivity contribution is -0.139. The lowest BCUT2D eigenvalue weighted by Gasteiger charge is -2.31. The van der Waals surface area contributed by atoms with Crippen molar-refractivity contribution in [1.29, 1.82) is 0 Å². The molecular formula is C18H23NO4. The van der Waals surface area contributed by atoms with E-state index in [9.17, 15) is 9.59 Å². The Bertz CT molecular complexity index is 597. The van der Waals surface area contributed by atoms with Gasteiger partial charge in [-0.3, -0.25) is 0 Å². The molecule has 2 rings (SSSR count). The fourth-order valence-electron chi connectivity index (χ4n) is 3.00. The number of dihydropyridines is 1. The molecule has 0 bridgehead atoms. The Balaban J connectivity index is 2.50. The molecule has 23 heavy (non-hydrogen) atoms. The summed E-state index contributed by atoms with van der Waals surface area (Å²) < 4.78 is 10.4. The molecule has 0 aromatic carbocycles. The van der Waals surface area contributed by atoms with Crippen LogP contribution >= 0.6 is 0 Å². The lowest BCUT2D eigenvalue weighted by atomic mass is 9.79. The van der Waals surface area contributed by atoms with Crippen molar-refractivity contribution in [1.82, 2.24) is 5.32 Å². The van der Waals surface area contributed by atoms with Gasteiger partial charge in [0, 0.05) is 17.3 Å². The summed E-state index contributed by atoms with van der Waals surface area (Å²) in [7, 11) is 0. The number of hydrogen-bond donors (Lipinski definition) is 1. The van der Waals surface area contributed by atoms with E-state index in [0.717, 1.165) is 5.57 Å². The largest absolute Gasteiger partial charge is 0.463 e. The number of carbonyl (C=O) groups is 2. The molecule has 2 aliphatic rings. The molecule has 1 heterocycles. The number of hydrogen-bond acceptors (Lipinski definition) is 5. The van der Waals surface area contributed by atoms with Crippen LogP contribution in [0.3, 0.4) is 0 Å². The van der Waals surface area contributed by atoms with E-state index in [0.29, 0.717) is 29.0 Å².